The zero-order valence-electron chi connectivity index (χ0n) is 13.5. The smallest absolute Gasteiger partial charge is 0.253 e. The summed E-state index contributed by atoms with van der Waals surface area (Å²) in [5.41, 5.74) is 0.732. The van der Waals surface area contributed by atoms with E-state index in [1.807, 2.05) is 54.0 Å². The van der Waals surface area contributed by atoms with Crippen molar-refractivity contribution >= 4 is 11.8 Å². The second kappa shape index (κ2) is 7.94. The average Bonchev–Trinajstić information content (AvgIpc) is 2.57. The molecule has 0 N–H and O–H groups in total. The van der Waals surface area contributed by atoms with Crippen molar-refractivity contribution in [1.82, 2.24) is 14.7 Å². The van der Waals surface area contributed by atoms with E-state index in [0.29, 0.717) is 19.6 Å². The molecule has 0 atom stereocenters. The molecule has 1 aliphatic heterocycles. The normalized spacial score (nSPS) is 15.6. The number of amides is 2. The molecule has 1 heterocycles. The van der Waals surface area contributed by atoms with E-state index >= 15 is 0 Å². The molecular weight excluding hydrogens is 278 g/mol. The van der Waals surface area contributed by atoms with Gasteiger partial charge in [-0.3, -0.25) is 14.5 Å². The Bertz CT molecular complexity index is 492. The highest BCUT2D eigenvalue weighted by Gasteiger charge is 2.24. The Morgan fingerprint density at radius 2 is 1.59 bits per heavy atom. The van der Waals surface area contributed by atoms with Gasteiger partial charge in [-0.15, -0.1) is 0 Å². The number of hydrogen-bond donors (Lipinski definition) is 0. The summed E-state index contributed by atoms with van der Waals surface area (Å²) < 4.78 is 0. The zero-order chi connectivity index (χ0) is 15.9. The Morgan fingerprint density at radius 1 is 1.00 bits per heavy atom. The molecule has 1 aliphatic rings. The summed E-state index contributed by atoms with van der Waals surface area (Å²) in [4.78, 5) is 30.3. The molecule has 1 fully saturated rings. The highest BCUT2D eigenvalue weighted by Crippen LogP contribution is 2.09. The summed E-state index contributed by atoms with van der Waals surface area (Å²) in [5, 5.41) is 0. The highest BCUT2D eigenvalue weighted by molar-refractivity contribution is 5.94. The second-order valence-electron chi connectivity index (χ2n) is 5.50. The largest absolute Gasteiger partial charge is 0.342 e. The number of carbonyl (C=O) groups excluding carboxylic acids is 2. The molecule has 1 aromatic rings. The minimum atomic E-state index is 0.0790. The Balaban J connectivity index is 1.83. The Morgan fingerprint density at radius 3 is 2.14 bits per heavy atom. The topological polar surface area (TPSA) is 43.9 Å². The standard InChI is InChI=1S/C17H25N3O2/c1-3-19(4-2)16(21)14-18-10-12-20(13-11-18)17(22)15-8-6-5-7-9-15/h5-9H,3-4,10-14H2,1-2H3. The van der Waals surface area contributed by atoms with Crippen LogP contribution in [0.2, 0.25) is 0 Å². The van der Waals surface area contributed by atoms with Gasteiger partial charge in [0.05, 0.1) is 6.54 Å². The number of carbonyl (C=O) groups is 2. The molecule has 0 spiro atoms. The first kappa shape index (κ1) is 16.5. The van der Waals surface area contributed by atoms with Crippen LogP contribution in [0.3, 0.4) is 0 Å². The third-order valence-corrected chi connectivity index (χ3v) is 4.16. The van der Waals surface area contributed by atoms with E-state index in [2.05, 4.69) is 4.90 Å². The third-order valence-electron chi connectivity index (χ3n) is 4.16. The molecule has 0 aliphatic carbocycles. The minimum absolute atomic E-state index is 0.0790. The van der Waals surface area contributed by atoms with Crippen LogP contribution in [0.4, 0.5) is 0 Å². The van der Waals surface area contributed by atoms with E-state index in [0.717, 1.165) is 31.7 Å². The van der Waals surface area contributed by atoms with Crippen molar-refractivity contribution in [1.29, 1.82) is 0 Å². The average molecular weight is 303 g/mol. The van der Waals surface area contributed by atoms with Crippen LogP contribution in [-0.4, -0.2) is 72.3 Å². The van der Waals surface area contributed by atoms with Crippen LogP contribution in [0.5, 0.6) is 0 Å². The molecule has 0 bridgehead atoms. The van der Waals surface area contributed by atoms with Crippen LogP contribution in [0.1, 0.15) is 24.2 Å². The molecule has 0 aromatic heterocycles. The molecule has 1 saturated heterocycles. The van der Waals surface area contributed by atoms with Crippen molar-refractivity contribution in [3.05, 3.63) is 35.9 Å². The van der Waals surface area contributed by atoms with E-state index < -0.39 is 0 Å². The van der Waals surface area contributed by atoms with Crippen molar-refractivity contribution in [3.8, 4) is 0 Å². The molecule has 5 nitrogen and oxygen atoms in total. The van der Waals surface area contributed by atoms with Gasteiger partial charge in [-0.1, -0.05) is 18.2 Å². The lowest BCUT2D eigenvalue weighted by Gasteiger charge is -2.35. The van der Waals surface area contributed by atoms with Gasteiger partial charge in [0, 0.05) is 44.8 Å². The summed E-state index contributed by atoms with van der Waals surface area (Å²) in [7, 11) is 0. The van der Waals surface area contributed by atoms with E-state index in [4.69, 9.17) is 0 Å². The lowest BCUT2D eigenvalue weighted by atomic mass is 10.2. The Hall–Kier alpha value is -1.88. The summed E-state index contributed by atoms with van der Waals surface area (Å²) >= 11 is 0. The van der Waals surface area contributed by atoms with Gasteiger partial charge in [-0.2, -0.15) is 0 Å². The Labute approximate surface area is 132 Å². The molecule has 5 heteroatoms. The number of piperazine rings is 1. The molecule has 2 rings (SSSR count). The molecule has 22 heavy (non-hydrogen) atoms. The van der Waals surface area contributed by atoms with Gasteiger partial charge in [-0.25, -0.2) is 0 Å². The number of rotatable bonds is 5. The van der Waals surface area contributed by atoms with E-state index in [-0.39, 0.29) is 11.8 Å². The first-order chi connectivity index (χ1) is 10.7. The lowest BCUT2D eigenvalue weighted by molar-refractivity contribution is -0.132. The molecule has 0 saturated carbocycles. The third kappa shape index (κ3) is 4.07. The first-order valence-electron chi connectivity index (χ1n) is 8.00. The maximum absolute atomic E-state index is 12.4. The van der Waals surface area contributed by atoms with E-state index in [9.17, 15) is 9.59 Å². The van der Waals surface area contributed by atoms with Gasteiger partial charge in [0.2, 0.25) is 5.91 Å². The number of benzene rings is 1. The van der Waals surface area contributed by atoms with Gasteiger partial charge in [0.15, 0.2) is 0 Å². The first-order valence-corrected chi connectivity index (χ1v) is 8.00. The van der Waals surface area contributed by atoms with Crippen molar-refractivity contribution in [2.75, 3.05) is 45.8 Å². The van der Waals surface area contributed by atoms with Gasteiger partial charge in [0.1, 0.15) is 0 Å². The van der Waals surface area contributed by atoms with Gasteiger partial charge >= 0.3 is 0 Å². The predicted molar refractivity (Wildman–Crippen MR) is 86.7 cm³/mol. The van der Waals surface area contributed by atoms with Gasteiger partial charge < -0.3 is 9.80 Å². The molecule has 0 unspecified atom stereocenters. The highest BCUT2D eigenvalue weighted by atomic mass is 16.2. The van der Waals surface area contributed by atoms with Crippen molar-refractivity contribution < 1.29 is 9.59 Å². The molecule has 2 amide bonds. The second-order valence-corrected chi connectivity index (χ2v) is 5.50. The van der Waals surface area contributed by atoms with Crippen LogP contribution in [0, 0.1) is 0 Å². The van der Waals surface area contributed by atoms with Gasteiger partial charge in [0.25, 0.3) is 5.91 Å². The quantitative estimate of drug-likeness (QED) is 0.824. The van der Waals surface area contributed by atoms with Crippen LogP contribution < -0.4 is 0 Å². The zero-order valence-corrected chi connectivity index (χ0v) is 13.5. The number of hydrogen-bond acceptors (Lipinski definition) is 3. The SMILES string of the molecule is CCN(CC)C(=O)CN1CCN(C(=O)c2ccccc2)CC1. The number of nitrogens with zero attached hydrogens (tertiary/aromatic N) is 3. The molecule has 120 valence electrons. The van der Waals surface area contributed by atoms with Gasteiger partial charge in [-0.05, 0) is 26.0 Å². The summed E-state index contributed by atoms with van der Waals surface area (Å²) in [5.74, 6) is 0.253. The van der Waals surface area contributed by atoms with Crippen LogP contribution in [-0.2, 0) is 4.79 Å². The van der Waals surface area contributed by atoms with Crippen LogP contribution in [0.15, 0.2) is 30.3 Å². The number of likely N-dealkylation sites (N-methyl/N-ethyl adjacent to an activating group) is 1. The fraction of sp³-hybridized carbons (Fsp3) is 0.529. The summed E-state index contributed by atoms with van der Waals surface area (Å²) in [6.45, 7) is 8.82. The maximum Gasteiger partial charge on any atom is 0.253 e. The summed E-state index contributed by atoms with van der Waals surface area (Å²) in [6, 6.07) is 9.36. The predicted octanol–water partition coefficient (Wildman–Crippen LogP) is 1.31. The van der Waals surface area contributed by atoms with Crippen molar-refractivity contribution in [3.63, 3.8) is 0 Å². The van der Waals surface area contributed by atoms with E-state index in [1.54, 1.807) is 0 Å². The lowest BCUT2D eigenvalue weighted by Crippen LogP contribution is -2.51. The van der Waals surface area contributed by atoms with Crippen LogP contribution in [0.25, 0.3) is 0 Å². The molecule has 1 aromatic carbocycles. The van der Waals surface area contributed by atoms with E-state index in [1.165, 1.54) is 0 Å². The van der Waals surface area contributed by atoms with Crippen molar-refractivity contribution in [2.24, 2.45) is 0 Å². The minimum Gasteiger partial charge on any atom is -0.342 e. The maximum atomic E-state index is 12.4. The van der Waals surface area contributed by atoms with Crippen LogP contribution >= 0.6 is 0 Å². The summed E-state index contributed by atoms with van der Waals surface area (Å²) in [6.07, 6.45) is 0. The monoisotopic (exact) mass is 303 g/mol. The fourth-order valence-corrected chi connectivity index (χ4v) is 2.74. The molecular formula is C17H25N3O2. The molecule has 0 radical (unpaired) electrons. The van der Waals surface area contributed by atoms with Crippen molar-refractivity contribution in [2.45, 2.75) is 13.8 Å². The Kier molecular flexibility index (Phi) is 5.95. The fourth-order valence-electron chi connectivity index (χ4n) is 2.74.